The van der Waals surface area contributed by atoms with Crippen LogP contribution in [0.4, 0.5) is 18.9 Å². The molecule has 1 aliphatic heterocycles. The van der Waals surface area contributed by atoms with Gasteiger partial charge in [-0.1, -0.05) is 18.5 Å². The third-order valence-electron chi connectivity index (χ3n) is 3.95. The second-order valence-electron chi connectivity index (χ2n) is 5.49. The van der Waals surface area contributed by atoms with Crippen LogP contribution in [-0.4, -0.2) is 25.2 Å². The van der Waals surface area contributed by atoms with Gasteiger partial charge in [-0.05, 0) is 44.5 Å². The Bertz CT molecular complexity index is 490. The number of hydrogen-bond acceptors (Lipinski definition) is 2. The summed E-state index contributed by atoms with van der Waals surface area (Å²) in [5.74, 6) is 0. The molecule has 2 atom stereocenters. The first kappa shape index (κ1) is 16.4. The predicted molar refractivity (Wildman–Crippen MR) is 80.0 cm³/mol. The molecule has 1 aliphatic rings. The molecule has 1 aromatic carbocycles. The van der Waals surface area contributed by atoms with Gasteiger partial charge in [-0.2, -0.15) is 13.2 Å². The Balaban J connectivity index is 2.22. The van der Waals surface area contributed by atoms with Gasteiger partial charge in [0.2, 0.25) is 0 Å². The standard InChI is InChI=1S/C15H20ClF3N2/c1-3-20-12-6-7-21(10(2)8-12)14-9-11(15(17,18)19)4-5-13(14)16/h4-5,9-10,12,20H,3,6-8H2,1-2H3. The van der Waals surface area contributed by atoms with Gasteiger partial charge in [-0.15, -0.1) is 0 Å². The van der Waals surface area contributed by atoms with E-state index in [1.807, 2.05) is 11.8 Å². The van der Waals surface area contributed by atoms with E-state index in [-0.39, 0.29) is 6.04 Å². The van der Waals surface area contributed by atoms with E-state index in [0.717, 1.165) is 31.5 Å². The normalized spacial score (nSPS) is 23.4. The van der Waals surface area contributed by atoms with Crippen molar-refractivity contribution in [2.75, 3.05) is 18.0 Å². The minimum atomic E-state index is -4.34. The maximum Gasteiger partial charge on any atom is 0.416 e. The number of nitrogens with zero attached hydrogens (tertiary/aromatic N) is 1. The van der Waals surface area contributed by atoms with Gasteiger partial charge in [0.25, 0.3) is 0 Å². The summed E-state index contributed by atoms with van der Waals surface area (Å²) in [6.07, 6.45) is -2.53. The van der Waals surface area contributed by atoms with E-state index in [9.17, 15) is 13.2 Å². The Morgan fingerprint density at radius 1 is 1.38 bits per heavy atom. The molecule has 0 saturated carbocycles. The summed E-state index contributed by atoms with van der Waals surface area (Å²) in [6, 6.07) is 4.10. The van der Waals surface area contributed by atoms with Gasteiger partial charge in [0.15, 0.2) is 0 Å². The molecule has 0 aliphatic carbocycles. The topological polar surface area (TPSA) is 15.3 Å². The fourth-order valence-electron chi connectivity index (χ4n) is 2.91. The van der Waals surface area contributed by atoms with Crippen LogP contribution in [0.15, 0.2) is 18.2 Å². The van der Waals surface area contributed by atoms with E-state index in [4.69, 9.17) is 11.6 Å². The monoisotopic (exact) mass is 320 g/mol. The zero-order valence-electron chi connectivity index (χ0n) is 12.2. The molecule has 1 heterocycles. The summed E-state index contributed by atoms with van der Waals surface area (Å²) >= 11 is 6.12. The molecule has 1 aromatic rings. The molecule has 0 radical (unpaired) electrons. The van der Waals surface area contributed by atoms with Crippen molar-refractivity contribution in [3.8, 4) is 0 Å². The van der Waals surface area contributed by atoms with Crippen molar-refractivity contribution < 1.29 is 13.2 Å². The SMILES string of the molecule is CCNC1CCN(c2cc(C(F)(F)F)ccc2Cl)C(C)C1. The Labute approximate surface area is 128 Å². The minimum Gasteiger partial charge on any atom is -0.367 e. The first-order valence-corrected chi connectivity index (χ1v) is 7.57. The Kier molecular flexibility index (Phi) is 5.04. The van der Waals surface area contributed by atoms with Gasteiger partial charge >= 0.3 is 6.18 Å². The van der Waals surface area contributed by atoms with E-state index in [0.29, 0.717) is 23.3 Å². The predicted octanol–water partition coefficient (Wildman–Crippen LogP) is 4.33. The molecule has 21 heavy (non-hydrogen) atoms. The van der Waals surface area contributed by atoms with Gasteiger partial charge in [0.1, 0.15) is 0 Å². The molecule has 6 heteroatoms. The summed E-state index contributed by atoms with van der Waals surface area (Å²) in [6.45, 7) is 5.70. The smallest absolute Gasteiger partial charge is 0.367 e. The van der Waals surface area contributed by atoms with Gasteiger partial charge in [-0.3, -0.25) is 0 Å². The number of piperidine rings is 1. The quantitative estimate of drug-likeness (QED) is 0.892. The van der Waals surface area contributed by atoms with Crippen LogP contribution in [0.1, 0.15) is 32.3 Å². The molecule has 1 saturated heterocycles. The highest BCUT2D eigenvalue weighted by Gasteiger charge is 2.33. The molecule has 0 amide bonds. The van der Waals surface area contributed by atoms with Gasteiger partial charge in [0.05, 0.1) is 16.3 Å². The van der Waals surface area contributed by atoms with Crippen LogP contribution in [-0.2, 0) is 6.18 Å². The van der Waals surface area contributed by atoms with Crippen LogP contribution < -0.4 is 10.2 Å². The number of benzene rings is 1. The molecular formula is C15H20ClF3N2. The zero-order chi connectivity index (χ0) is 15.6. The molecule has 0 spiro atoms. The van der Waals surface area contributed by atoms with Crippen LogP contribution in [0, 0.1) is 0 Å². The minimum absolute atomic E-state index is 0.156. The van der Waals surface area contributed by atoms with Crippen LogP contribution in [0.5, 0.6) is 0 Å². The van der Waals surface area contributed by atoms with E-state index >= 15 is 0 Å². The molecular weight excluding hydrogens is 301 g/mol. The maximum atomic E-state index is 12.9. The lowest BCUT2D eigenvalue weighted by Crippen LogP contribution is -2.47. The second-order valence-corrected chi connectivity index (χ2v) is 5.89. The molecule has 2 nitrogen and oxygen atoms in total. The second kappa shape index (κ2) is 6.44. The molecule has 1 fully saturated rings. The molecule has 2 rings (SSSR count). The van der Waals surface area contributed by atoms with Crippen molar-refractivity contribution in [2.24, 2.45) is 0 Å². The van der Waals surface area contributed by atoms with E-state index in [2.05, 4.69) is 12.2 Å². The number of alkyl halides is 3. The molecule has 118 valence electrons. The average molecular weight is 321 g/mol. The van der Waals surface area contributed by atoms with E-state index in [1.54, 1.807) is 0 Å². The first-order chi connectivity index (χ1) is 9.82. The number of nitrogens with one attached hydrogen (secondary N) is 1. The van der Waals surface area contributed by atoms with Crippen molar-refractivity contribution in [2.45, 2.75) is 44.9 Å². The van der Waals surface area contributed by atoms with Crippen molar-refractivity contribution in [1.29, 1.82) is 0 Å². The lowest BCUT2D eigenvalue weighted by atomic mass is 9.97. The van der Waals surface area contributed by atoms with Gasteiger partial charge < -0.3 is 10.2 Å². The van der Waals surface area contributed by atoms with Crippen molar-refractivity contribution in [3.05, 3.63) is 28.8 Å². The summed E-state index contributed by atoms with van der Waals surface area (Å²) < 4.78 is 38.6. The Hall–Kier alpha value is -0.940. The van der Waals surface area contributed by atoms with Crippen LogP contribution in [0.3, 0.4) is 0 Å². The average Bonchev–Trinajstić information content (AvgIpc) is 2.39. The van der Waals surface area contributed by atoms with Crippen LogP contribution in [0.2, 0.25) is 5.02 Å². The van der Waals surface area contributed by atoms with Gasteiger partial charge in [0, 0.05) is 18.6 Å². The third-order valence-corrected chi connectivity index (χ3v) is 4.27. The van der Waals surface area contributed by atoms with Crippen molar-refractivity contribution in [1.82, 2.24) is 5.32 Å². The largest absolute Gasteiger partial charge is 0.416 e. The zero-order valence-corrected chi connectivity index (χ0v) is 12.9. The fraction of sp³-hybridized carbons (Fsp3) is 0.600. The fourth-order valence-corrected chi connectivity index (χ4v) is 3.14. The molecule has 0 aromatic heterocycles. The van der Waals surface area contributed by atoms with E-state index in [1.165, 1.54) is 6.07 Å². The molecule has 2 unspecified atom stereocenters. The Morgan fingerprint density at radius 3 is 2.67 bits per heavy atom. The number of hydrogen-bond donors (Lipinski definition) is 1. The summed E-state index contributed by atoms with van der Waals surface area (Å²) in [7, 11) is 0. The highest BCUT2D eigenvalue weighted by molar-refractivity contribution is 6.33. The molecule has 0 bridgehead atoms. The Morgan fingerprint density at radius 2 is 2.10 bits per heavy atom. The highest BCUT2D eigenvalue weighted by Crippen LogP contribution is 2.37. The van der Waals surface area contributed by atoms with Gasteiger partial charge in [-0.25, -0.2) is 0 Å². The van der Waals surface area contributed by atoms with Crippen molar-refractivity contribution in [3.63, 3.8) is 0 Å². The lowest BCUT2D eigenvalue weighted by Gasteiger charge is -2.40. The summed E-state index contributed by atoms with van der Waals surface area (Å²) in [5, 5.41) is 3.77. The first-order valence-electron chi connectivity index (χ1n) is 7.19. The summed E-state index contributed by atoms with van der Waals surface area (Å²) in [5.41, 5.74) is -0.170. The maximum absolute atomic E-state index is 12.9. The number of anilines is 1. The van der Waals surface area contributed by atoms with Crippen LogP contribution in [0.25, 0.3) is 0 Å². The van der Waals surface area contributed by atoms with E-state index < -0.39 is 11.7 Å². The molecule has 1 N–H and O–H groups in total. The van der Waals surface area contributed by atoms with Crippen LogP contribution >= 0.6 is 11.6 Å². The van der Waals surface area contributed by atoms with Crippen molar-refractivity contribution >= 4 is 17.3 Å². The number of halogens is 4. The lowest BCUT2D eigenvalue weighted by molar-refractivity contribution is -0.137. The highest BCUT2D eigenvalue weighted by atomic mass is 35.5. The number of rotatable bonds is 3. The third kappa shape index (κ3) is 3.83. The summed E-state index contributed by atoms with van der Waals surface area (Å²) in [4.78, 5) is 1.98.